The van der Waals surface area contributed by atoms with Crippen molar-refractivity contribution < 1.29 is 15.3 Å². The van der Waals surface area contributed by atoms with Crippen molar-refractivity contribution in [1.29, 1.82) is 0 Å². The van der Waals surface area contributed by atoms with Crippen LogP contribution in [0.3, 0.4) is 0 Å². The van der Waals surface area contributed by atoms with Gasteiger partial charge < -0.3 is 19.9 Å². The van der Waals surface area contributed by atoms with Crippen LogP contribution in [0.1, 0.15) is 11.9 Å². The molecule has 2 heterocycles. The molecule has 0 aliphatic carbocycles. The van der Waals surface area contributed by atoms with Crippen LogP contribution in [0.15, 0.2) is 60.7 Å². The number of benzene rings is 2. The Kier molecular flexibility index (Phi) is 3.69. The molecule has 1 aromatic heterocycles. The van der Waals surface area contributed by atoms with Crippen molar-refractivity contribution in [3.05, 3.63) is 66.5 Å². The van der Waals surface area contributed by atoms with E-state index in [1.54, 1.807) is 4.57 Å². The molecule has 3 N–H and O–H groups in total. The van der Waals surface area contributed by atoms with E-state index >= 15 is 0 Å². The van der Waals surface area contributed by atoms with Crippen molar-refractivity contribution >= 4 is 0 Å². The Labute approximate surface area is 139 Å². The second-order valence-corrected chi connectivity index (χ2v) is 6.01. The zero-order valence-corrected chi connectivity index (χ0v) is 12.9. The first-order chi connectivity index (χ1) is 11.7. The van der Waals surface area contributed by atoms with Crippen molar-refractivity contribution in [1.82, 2.24) is 9.55 Å². The Morgan fingerprint density at radius 2 is 1.42 bits per heavy atom. The lowest BCUT2D eigenvalue weighted by Crippen LogP contribution is -2.41. The number of imidazole rings is 1. The lowest BCUT2D eigenvalue weighted by Gasteiger charge is -2.30. The largest absolute Gasteiger partial charge is 0.388 e. The minimum atomic E-state index is -1.23. The zero-order chi connectivity index (χ0) is 16.7. The first-order valence-electron chi connectivity index (χ1n) is 7.92. The van der Waals surface area contributed by atoms with E-state index in [-0.39, 0.29) is 6.54 Å². The van der Waals surface area contributed by atoms with Gasteiger partial charge in [0.2, 0.25) is 0 Å². The van der Waals surface area contributed by atoms with Gasteiger partial charge in [0.25, 0.3) is 0 Å². The van der Waals surface area contributed by atoms with E-state index in [4.69, 9.17) is 0 Å². The van der Waals surface area contributed by atoms with E-state index in [9.17, 15) is 15.3 Å². The number of rotatable bonds is 2. The van der Waals surface area contributed by atoms with Gasteiger partial charge in [-0.2, -0.15) is 0 Å². The molecule has 3 aromatic rings. The average Bonchev–Trinajstić information content (AvgIpc) is 3.00. The SMILES string of the molecule is O[C@H]1[C@H](O)Cn2c(nc(-c3ccccc3)c2-c2ccccc2)[C@@H]1O. The summed E-state index contributed by atoms with van der Waals surface area (Å²) in [5.74, 6) is 0.380. The van der Waals surface area contributed by atoms with E-state index in [1.807, 2.05) is 60.7 Å². The number of hydrogen-bond acceptors (Lipinski definition) is 4. The summed E-state index contributed by atoms with van der Waals surface area (Å²) in [7, 11) is 0. The van der Waals surface area contributed by atoms with Crippen molar-refractivity contribution in [2.45, 2.75) is 24.9 Å². The van der Waals surface area contributed by atoms with E-state index in [2.05, 4.69) is 4.98 Å². The minimum absolute atomic E-state index is 0.192. The highest BCUT2D eigenvalue weighted by molar-refractivity contribution is 5.79. The highest BCUT2D eigenvalue weighted by atomic mass is 16.4. The van der Waals surface area contributed by atoms with Crippen molar-refractivity contribution in [3.63, 3.8) is 0 Å². The van der Waals surface area contributed by atoms with Crippen LogP contribution >= 0.6 is 0 Å². The van der Waals surface area contributed by atoms with Crippen LogP contribution in [0.5, 0.6) is 0 Å². The minimum Gasteiger partial charge on any atom is -0.388 e. The third kappa shape index (κ3) is 2.34. The van der Waals surface area contributed by atoms with Gasteiger partial charge in [-0.1, -0.05) is 60.7 Å². The Bertz CT molecular complexity index is 846. The summed E-state index contributed by atoms with van der Waals surface area (Å²) in [6.45, 7) is 0.192. The number of aliphatic hydroxyl groups is 3. The van der Waals surface area contributed by atoms with Gasteiger partial charge in [-0.25, -0.2) is 4.98 Å². The average molecular weight is 322 g/mol. The monoisotopic (exact) mass is 322 g/mol. The number of hydrogen-bond donors (Lipinski definition) is 3. The summed E-state index contributed by atoms with van der Waals surface area (Å²) in [5.41, 5.74) is 3.44. The second kappa shape index (κ2) is 5.87. The third-order valence-electron chi connectivity index (χ3n) is 4.44. The molecule has 4 rings (SSSR count). The smallest absolute Gasteiger partial charge is 0.141 e. The van der Waals surface area contributed by atoms with Gasteiger partial charge >= 0.3 is 0 Å². The van der Waals surface area contributed by atoms with Gasteiger partial charge in [-0.3, -0.25) is 0 Å². The highest BCUT2D eigenvalue weighted by Crippen LogP contribution is 2.37. The summed E-state index contributed by atoms with van der Waals surface area (Å²) in [6.07, 6.45) is -3.48. The van der Waals surface area contributed by atoms with Crippen molar-refractivity contribution in [2.24, 2.45) is 0 Å². The van der Waals surface area contributed by atoms with Crippen molar-refractivity contribution in [2.75, 3.05) is 0 Å². The molecule has 0 fully saturated rings. The predicted molar refractivity (Wildman–Crippen MR) is 90.1 cm³/mol. The molecule has 0 amide bonds. The Hall–Kier alpha value is -2.47. The molecular formula is C19H18N2O3. The van der Waals surface area contributed by atoms with Crippen LogP contribution < -0.4 is 0 Å². The molecule has 0 unspecified atom stereocenters. The summed E-state index contributed by atoms with van der Waals surface area (Å²) >= 11 is 0. The first kappa shape index (κ1) is 15.1. The topological polar surface area (TPSA) is 78.5 Å². The Balaban J connectivity index is 1.98. The van der Waals surface area contributed by atoms with Gasteiger partial charge in [0, 0.05) is 11.1 Å². The fourth-order valence-corrected chi connectivity index (χ4v) is 3.22. The summed E-state index contributed by atoms with van der Waals surface area (Å²) in [5, 5.41) is 30.4. The lowest BCUT2D eigenvalue weighted by molar-refractivity contribution is -0.0851. The van der Waals surface area contributed by atoms with Crippen LogP contribution in [-0.4, -0.2) is 37.1 Å². The molecule has 0 radical (unpaired) electrons. The summed E-state index contributed by atoms with van der Waals surface area (Å²) in [6, 6.07) is 19.5. The molecule has 5 nitrogen and oxygen atoms in total. The molecule has 5 heteroatoms. The second-order valence-electron chi connectivity index (χ2n) is 6.01. The molecule has 0 bridgehead atoms. The van der Waals surface area contributed by atoms with Crippen molar-refractivity contribution in [3.8, 4) is 22.5 Å². The summed E-state index contributed by atoms with van der Waals surface area (Å²) < 4.78 is 1.81. The Morgan fingerprint density at radius 3 is 2.04 bits per heavy atom. The standard InChI is InChI=1S/C19H18N2O3/c22-14-11-21-16(13-9-5-2-6-10-13)15(12-7-3-1-4-8-12)20-19(21)18(24)17(14)23/h1-10,14,17-18,22-24H,11H2/t14-,17+,18-/m1/s1. The molecule has 122 valence electrons. The fourth-order valence-electron chi connectivity index (χ4n) is 3.22. The maximum Gasteiger partial charge on any atom is 0.141 e. The zero-order valence-electron chi connectivity index (χ0n) is 12.9. The maximum absolute atomic E-state index is 10.3. The molecule has 24 heavy (non-hydrogen) atoms. The highest BCUT2D eigenvalue weighted by Gasteiger charge is 2.37. The van der Waals surface area contributed by atoms with Crippen LogP contribution in [0, 0.1) is 0 Å². The predicted octanol–water partition coefficient (Wildman–Crippen LogP) is 1.99. The van der Waals surface area contributed by atoms with Gasteiger partial charge in [0.15, 0.2) is 0 Å². The molecule has 2 aromatic carbocycles. The molecule has 1 aliphatic rings. The van der Waals surface area contributed by atoms with Gasteiger partial charge in [-0.15, -0.1) is 0 Å². The van der Waals surface area contributed by atoms with Crippen LogP contribution in [0.4, 0.5) is 0 Å². The molecule has 3 atom stereocenters. The number of aliphatic hydroxyl groups excluding tert-OH is 3. The van der Waals surface area contributed by atoms with E-state index < -0.39 is 18.3 Å². The van der Waals surface area contributed by atoms with Crippen LogP contribution in [0.2, 0.25) is 0 Å². The van der Waals surface area contributed by atoms with Gasteiger partial charge in [0.1, 0.15) is 24.1 Å². The molecular weight excluding hydrogens is 304 g/mol. The summed E-state index contributed by atoms with van der Waals surface area (Å²) in [4.78, 5) is 4.61. The van der Waals surface area contributed by atoms with Crippen LogP contribution in [-0.2, 0) is 6.54 Å². The van der Waals surface area contributed by atoms with Gasteiger partial charge in [-0.05, 0) is 0 Å². The quantitative estimate of drug-likeness (QED) is 0.674. The molecule has 0 saturated carbocycles. The molecule has 0 spiro atoms. The van der Waals surface area contributed by atoms with Gasteiger partial charge in [0.05, 0.1) is 17.9 Å². The lowest BCUT2D eigenvalue weighted by atomic mass is 10.0. The number of nitrogens with zero attached hydrogens (tertiary/aromatic N) is 2. The third-order valence-corrected chi connectivity index (χ3v) is 4.44. The Morgan fingerprint density at radius 1 is 0.833 bits per heavy atom. The first-order valence-corrected chi connectivity index (χ1v) is 7.92. The normalized spacial score (nSPS) is 23.0. The van der Waals surface area contributed by atoms with Crippen LogP contribution in [0.25, 0.3) is 22.5 Å². The van der Waals surface area contributed by atoms with E-state index in [0.29, 0.717) is 5.82 Å². The number of fused-ring (bicyclic) bond motifs is 1. The van der Waals surface area contributed by atoms with E-state index in [1.165, 1.54) is 0 Å². The molecule has 0 saturated heterocycles. The fraction of sp³-hybridized carbons (Fsp3) is 0.211. The van der Waals surface area contributed by atoms with E-state index in [0.717, 1.165) is 22.5 Å². The number of aromatic nitrogens is 2. The molecule has 1 aliphatic heterocycles. The maximum atomic E-state index is 10.3.